The second-order valence-electron chi connectivity index (χ2n) is 29.1. The third-order valence-electron chi connectivity index (χ3n) is 19.3. The first-order valence-corrected chi connectivity index (χ1v) is 31.2. The molecule has 0 saturated heterocycles. The van der Waals surface area contributed by atoms with E-state index in [1.807, 2.05) is 0 Å². The summed E-state index contributed by atoms with van der Waals surface area (Å²) in [5.74, 6) is 0. The summed E-state index contributed by atoms with van der Waals surface area (Å²) in [4.78, 5) is 5.18. The zero-order chi connectivity index (χ0) is 59.8. The van der Waals surface area contributed by atoms with E-state index in [-0.39, 0.29) is 28.4 Å². The molecule has 0 radical (unpaired) electrons. The van der Waals surface area contributed by atoms with Gasteiger partial charge < -0.3 is 18.6 Å². The van der Waals surface area contributed by atoms with Crippen LogP contribution in [-0.4, -0.2) is 11.1 Å². The SMILES string of the molecule is CC(C)(C)c1ccc(N2c3ccc(C(C)(C)C)cc3B3c4ccc(-c5ccc6oc7ccccc7c6c5)cc4N(c4ccc(-c5cc(C(C)(C)C)cc(C(C)(C)C)c5)cc4)c4cc(-c5ccc6c(c5)c5cccc7c8ccccc8n6c75)cc2c43)cc1. The first kappa shape index (κ1) is 53.2. The van der Waals surface area contributed by atoms with Gasteiger partial charge in [0.05, 0.1) is 16.6 Å². The number of furan rings is 1. The lowest BCUT2D eigenvalue weighted by molar-refractivity contribution is 0.569. The summed E-state index contributed by atoms with van der Waals surface area (Å²) in [5, 5.41) is 7.36. The molecule has 0 unspecified atom stereocenters. The Hall–Kier alpha value is -9.32. The minimum absolute atomic E-state index is 0.00382. The van der Waals surface area contributed by atoms with E-state index in [1.54, 1.807) is 0 Å². The van der Waals surface area contributed by atoms with Gasteiger partial charge in [-0.25, -0.2) is 0 Å². The van der Waals surface area contributed by atoms with Crippen LogP contribution in [0.3, 0.4) is 0 Å². The highest BCUT2D eigenvalue weighted by Gasteiger charge is 2.44. The summed E-state index contributed by atoms with van der Waals surface area (Å²) in [6, 6.07) is 83.8. The van der Waals surface area contributed by atoms with E-state index in [2.05, 4.69) is 316 Å². The Labute approximate surface area is 511 Å². The highest BCUT2D eigenvalue weighted by Crippen LogP contribution is 2.49. The molecule has 16 rings (SSSR count). The van der Waals surface area contributed by atoms with Crippen LogP contribution in [-0.2, 0) is 21.7 Å². The third-order valence-corrected chi connectivity index (χ3v) is 19.3. The summed E-state index contributed by atoms with van der Waals surface area (Å²) in [5.41, 5.74) is 28.7. The fourth-order valence-corrected chi connectivity index (χ4v) is 14.5. The molecule has 3 aromatic heterocycles. The fraction of sp³-hybridized carbons (Fsp3) is 0.195. The van der Waals surface area contributed by atoms with Gasteiger partial charge in [-0.2, -0.15) is 0 Å². The third kappa shape index (κ3) is 8.32. The van der Waals surface area contributed by atoms with Gasteiger partial charge in [-0.15, -0.1) is 0 Å². The van der Waals surface area contributed by atoms with Crippen molar-refractivity contribution < 1.29 is 4.42 Å². The molecule has 14 aromatic rings. The molecular formula is C82H72BN3O. The Bertz CT molecular complexity index is 5110. The monoisotopic (exact) mass is 1130 g/mol. The topological polar surface area (TPSA) is 24.0 Å². The summed E-state index contributed by atoms with van der Waals surface area (Å²) >= 11 is 0. The lowest BCUT2D eigenvalue weighted by atomic mass is 9.33. The molecule has 5 heteroatoms. The van der Waals surface area contributed by atoms with Gasteiger partial charge in [-0.05, 0) is 179 Å². The van der Waals surface area contributed by atoms with Crippen molar-refractivity contribution in [1.29, 1.82) is 0 Å². The molecule has 0 saturated carbocycles. The number of nitrogens with zero attached hydrogens (tertiary/aromatic N) is 3. The number of aromatic nitrogens is 1. The molecule has 87 heavy (non-hydrogen) atoms. The van der Waals surface area contributed by atoms with E-state index < -0.39 is 0 Å². The van der Waals surface area contributed by atoms with Crippen molar-refractivity contribution in [2.45, 2.75) is 105 Å². The van der Waals surface area contributed by atoms with Gasteiger partial charge in [-0.1, -0.05) is 217 Å². The minimum atomic E-state index is -0.0860. The molecule has 5 heterocycles. The minimum Gasteiger partial charge on any atom is -0.456 e. The van der Waals surface area contributed by atoms with Gasteiger partial charge in [0.25, 0.3) is 6.71 Å². The van der Waals surface area contributed by atoms with Crippen molar-refractivity contribution in [3.05, 3.63) is 241 Å². The summed E-state index contributed by atoms with van der Waals surface area (Å²) in [7, 11) is 0. The predicted octanol–water partition coefficient (Wildman–Crippen LogP) is 21.0. The highest BCUT2D eigenvalue weighted by molar-refractivity contribution is 7.00. The zero-order valence-corrected chi connectivity index (χ0v) is 52.1. The molecule has 11 aromatic carbocycles. The molecule has 424 valence electrons. The first-order valence-electron chi connectivity index (χ1n) is 31.2. The number of para-hydroxylation sites is 3. The molecule has 4 nitrogen and oxygen atoms in total. The van der Waals surface area contributed by atoms with Crippen molar-refractivity contribution in [2.75, 3.05) is 9.80 Å². The second kappa shape index (κ2) is 18.6. The van der Waals surface area contributed by atoms with Gasteiger partial charge in [0.1, 0.15) is 11.2 Å². The predicted molar refractivity (Wildman–Crippen MR) is 374 cm³/mol. The van der Waals surface area contributed by atoms with Crippen LogP contribution in [0.2, 0.25) is 0 Å². The highest BCUT2D eigenvalue weighted by atomic mass is 16.3. The molecule has 0 bridgehead atoms. The molecule has 0 fully saturated rings. The Kier molecular flexibility index (Phi) is 11.4. The van der Waals surface area contributed by atoms with Crippen LogP contribution < -0.4 is 26.2 Å². The number of anilines is 6. The average molecular weight is 1130 g/mol. The Morgan fingerprint density at radius 2 is 0.793 bits per heavy atom. The lowest BCUT2D eigenvalue weighted by Gasteiger charge is -2.45. The van der Waals surface area contributed by atoms with E-state index in [0.29, 0.717) is 0 Å². The number of rotatable bonds is 5. The largest absolute Gasteiger partial charge is 0.456 e. The number of hydrogen-bond donors (Lipinski definition) is 0. The summed E-state index contributed by atoms with van der Waals surface area (Å²) in [6.07, 6.45) is 0. The van der Waals surface area contributed by atoms with Crippen molar-refractivity contribution in [2.24, 2.45) is 0 Å². The first-order chi connectivity index (χ1) is 41.6. The Morgan fingerprint density at radius 3 is 1.48 bits per heavy atom. The standard InChI is InChI=1S/C82H72BN3O/c1-79(2,3)55-29-34-60(35-30-55)84-71-38-31-56(80(4,5)6)48-68(71)83-67-36-26-52(50-28-39-76-66(43-50)62-19-14-16-23-75(62)87-76)44-72(67)85(59-32-24-49(25-33-59)53-40-57(81(7,8)9)47-58(41-53)82(10,11)12)74-46-54(45-73(84)77(74)83)51-27-37-70-65(42-51)64-21-17-20-63-61-18-13-15-22-69(61)86(70)78(63)64/h13-48H,1-12H3. The van der Waals surface area contributed by atoms with Crippen molar-refractivity contribution >= 4 is 117 Å². The maximum absolute atomic E-state index is 6.41. The smallest absolute Gasteiger partial charge is 0.252 e. The van der Waals surface area contributed by atoms with Gasteiger partial charge >= 0.3 is 0 Å². The zero-order valence-electron chi connectivity index (χ0n) is 52.1. The van der Waals surface area contributed by atoms with Crippen LogP contribution >= 0.6 is 0 Å². The maximum atomic E-state index is 6.41. The summed E-state index contributed by atoms with van der Waals surface area (Å²) < 4.78 is 8.90. The van der Waals surface area contributed by atoms with Crippen LogP contribution in [0, 0.1) is 0 Å². The molecule has 0 atom stereocenters. The van der Waals surface area contributed by atoms with Crippen molar-refractivity contribution in [3.63, 3.8) is 0 Å². The number of benzene rings is 11. The van der Waals surface area contributed by atoms with Crippen LogP contribution in [0.5, 0.6) is 0 Å². The molecule has 2 aliphatic rings. The van der Waals surface area contributed by atoms with E-state index in [9.17, 15) is 0 Å². The van der Waals surface area contributed by atoms with Gasteiger partial charge in [0.2, 0.25) is 0 Å². The molecule has 0 aliphatic carbocycles. The quantitative estimate of drug-likeness (QED) is 0.161. The van der Waals surface area contributed by atoms with E-state index in [4.69, 9.17) is 4.42 Å². The van der Waals surface area contributed by atoms with Gasteiger partial charge in [0.15, 0.2) is 0 Å². The Morgan fingerprint density at radius 1 is 0.299 bits per heavy atom. The van der Waals surface area contributed by atoms with E-state index >= 15 is 0 Å². The van der Waals surface area contributed by atoms with E-state index in [1.165, 1.54) is 116 Å². The van der Waals surface area contributed by atoms with E-state index in [0.717, 1.165) is 50.0 Å². The fourth-order valence-electron chi connectivity index (χ4n) is 14.5. The normalized spacial score (nSPS) is 13.7. The van der Waals surface area contributed by atoms with Crippen LogP contribution in [0.4, 0.5) is 34.1 Å². The summed E-state index contributed by atoms with van der Waals surface area (Å²) in [6.45, 7) is 27.8. The maximum Gasteiger partial charge on any atom is 0.252 e. The number of fused-ring (bicyclic) bond motifs is 13. The molecule has 0 N–H and O–H groups in total. The van der Waals surface area contributed by atoms with Crippen molar-refractivity contribution in [3.8, 4) is 33.4 Å². The van der Waals surface area contributed by atoms with Gasteiger partial charge in [-0.3, -0.25) is 0 Å². The Balaban J connectivity index is 0.981. The molecular weight excluding hydrogens is 1050 g/mol. The average Bonchev–Trinajstić information content (AvgIpc) is 1.40. The van der Waals surface area contributed by atoms with Crippen LogP contribution in [0.25, 0.3) is 93.4 Å². The van der Waals surface area contributed by atoms with Crippen LogP contribution in [0.15, 0.2) is 223 Å². The second-order valence-corrected chi connectivity index (χ2v) is 29.1. The number of hydrogen-bond acceptors (Lipinski definition) is 3. The molecule has 0 spiro atoms. The van der Waals surface area contributed by atoms with Gasteiger partial charge in [0, 0.05) is 66.4 Å². The van der Waals surface area contributed by atoms with Crippen LogP contribution in [0.1, 0.15) is 105 Å². The lowest BCUT2D eigenvalue weighted by Crippen LogP contribution is -2.61. The molecule has 2 aliphatic heterocycles. The van der Waals surface area contributed by atoms with Crippen molar-refractivity contribution in [1.82, 2.24) is 4.40 Å². The molecule has 0 amide bonds.